The van der Waals surface area contributed by atoms with Gasteiger partial charge in [-0.2, -0.15) is 0 Å². The standard InChI is InChI=1S/C20H21BrN2O4/c1-12-4-6-18(27-3)16(8-12)23-11-13(9-19(23)24)20(25)22-15-10-14(21)5-7-17(15)26-2/h4-8,10,13H,9,11H2,1-3H3,(H,22,25). The molecule has 27 heavy (non-hydrogen) atoms. The van der Waals surface area contributed by atoms with Gasteiger partial charge in [0.2, 0.25) is 11.8 Å². The van der Waals surface area contributed by atoms with Gasteiger partial charge < -0.3 is 19.7 Å². The summed E-state index contributed by atoms with van der Waals surface area (Å²) < 4.78 is 11.5. The fraction of sp³-hybridized carbons (Fsp3) is 0.300. The number of hydrogen-bond acceptors (Lipinski definition) is 4. The molecule has 0 spiro atoms. The van der Waals surface area contributed by atoms with Gasteiger partial charge >= 0.3 is 0 Å². The molecule has 1 aliphatic heterocycles. The first kappa shape index (κ1) is 19.2. The van der Waals surface area contributed by atoms with Crippen molar-refractivity contribution >= 4 is 39.1 Å². The maximum Gasteiger partial charge on any atom is 0.229 e. The SMILES string of the molecule is COc1ccc(Br)cc1NC(=O)C1CC(=O)N(c2cc(C)ccc2OC)C1. The summed E-state index contributed by atoms with van der Waals surface area (Å²) in [4.78, 5) is 26.9. The molecular weight excluding hydrogens is 412 g/mol. The summed E-state index contributed by atoms with van der Waals surface area (Å²) in [5.74, 6) is 0.414. The molecule has 1 unspecified atom stereocenters. The van der Waals surface area contributed by atoms with Gasteiger partial charge in [0.15, 0.2) is 0 Å². The third-order valence-electron chi connectivity index (χ3n) is 4.54. The highest BCUT2D eigenvalue weighted by atomic mass is 79.9. The Balaban J connectivity index is 1.79. The second-order valence-electron chi connectivity index (χ2n) is 6.41. The molecule has 6 nitrogen and oxygen atoms in total. The highest BCUT2D eigenvalue weighted by Gasteiger charge is 2.36. The predicted molar refractivity (Wildman–Crippen MR) is 108 cm³/mol. The average Bonchev–Trinajstić information content (AvgIpc) is 3.03. The van der Waals surface area contributed by atoms with E-state index in [4.69, 9.17) is 9.47 Å². The van der Waals surface area contributed by atoms with Crippen LogP contribution in [-0.4, -0.2) is 32.6 Å². The summed E-state index contributed by atoms with van der Waals surface area (Å²) in [6.07, 6.45) is 0.152. The van der Waals surface area contributed by atoms with Gasteiger partial charge in [0, 0.05) is 17.4 Å². The number of nitrogens with zero attached hydrogens (tertiary/aromatic N) is 1. The van der Waals surface area contributed by atoms with Crippen LogP contribution in [0.3, 0.4) is 0 Å². The summed E-state index contributed by atoms with van der Waals surface area (Å²) in [6.45, 7) is 2.26. The Kier molecular flexibility index (Phi) is 5.70. The van der Waals surface area contributed by atoms with Crippen LogP contribution in [0.25, 0.3) is 0 Å². The number of hydrogen-bond donors (Lipinski definition) is 1. The second kappa shape index (κ2) is 8.00. The highest BCUT2D eigenvalue weighted by Crippen LogP contribution is 2.35. The molecule has 2 aromatic rings. The van der Waals surface area contributed by atoms with Crippen molar-refractivity contribution in [2.45, 2.75) is 13.3 Å². The average molecular weight is 433 g/mol. The van der Waals surface area contributed by atoms with Crippen LogP contribution < -0.4 is 19.7 Å². The number of benzene rings is 2. The minimum atomic E-state index is -0.452. The zero-order valence-electron chi connectivity index (χ0n) is 15.4. The lowest BCUT2D eigenvalue weighted by molar-refractivity contribution is -0.122. The van der Waals surface area contributed by atoms with Crippen LogP contribution in [0.5, 0.6) is 11.5 Å². The van der Waals surface area contributed by atoms with E-state index in [1.54, 1.807) is 31.3 Å². The molecule has 1 saturated heterocycles. The first-order valence-corrected chi connectivity index (χ1v) is 9.31. The van der Waals surface area contributed by atoms with Crippen LogP contribution in [-0.2, 0) is 9.59 Å². The summed E-state index contributed by atoms with van der Waals surface area (Å²) in [5.41, 5.74) is 2.28. The van der Waals surface area contributed by atoms with Crippen molar-refractivity contribution in [2.75, 3.05) is 31.0 Å². The summed E-state index contributed by atoms with van der Waals surface area (Å²) >= 11 is 3.39. The number of ether oxygens (including phenoxy) is 2. The summed E-state index contributed by atoms with van der Waals surface area (Å²) in [6, 6.07) is 11.0. The molecule has 1 aliphatic rings. The van der Waals surface area contributed by atoms with Gasteiger partial charge in [0.1, 0.15) is 11.5 Å². The van der Waals surface area contributed by atoms with E-state index in [0.717, 1.165) is 10.0 Å². The van der Waals surface area contributed by atoms with Crippen LogP contribution in [0.1, 0.15) is 12.0 Å². The lowest BCUT2D eigenvalue weighted by atomic mass is 10.1. The third kappa shape index (κ3) is 4.08. The van der Waals surface area contributed by atoms with Crippen LogP contribution in [0, 0.1) is 12.8 Å². The number of carbonyl (C=O) groups excluding carboxylic acids is 2. The lowest BCUT2D eigenvalue weighted by Crippen LogP contribution is -2.28. The lowest BCUT2D eigenvalue weighted by Gasteiger charge is -2.20. The van der Waals surface area contributed by atoms with E-state index in [1.807, 2.05) is 31.2 Å². The van der Waals surface area contributed by atoms with Gasteiger partial charge in [-0.05, 0) is 42.8 Å². The van der Waals surface area contributed by atoms with Gasteiger partial charge in [-0.1, -0.05) is 22.0 Å². The zero-order chi connectivity index (χ0) is 19.6. The largest absolute Gasteiger partial charge is 0.495 e. The Bertz CT molecular complexity index is 884. The molecule has 0 radical (unpaired) electrons. The molecule has 0 bridgehead atoms. The molecule has 3 rings (SSSR count). The minimum Gasteiger partial charge on any atom is -0.495 e. The molecule has 0 saturated carbocycles. The zero-order valence-corrected chi connectivity index (χ0v) is 17.0. The molecule has 7 heteroatoms. The highest BCUT2D eigenvalue weighted by molar-refractivity contribution is 9.10. The van der Waals surface area contributed by atoms with Crippen molar-refractivity contribution in [3.05, 3.63) is 46.4 Å². The fourth-order valence-electron chi connectivity index (χ4n) is 3.14. The first-order chi connectivity index (χ1) is 12.9. The Morgan fingerprint density at radius 2 is 1.85 bits per heavy atom. The van der Waals surface area contributed by atoms with E-state index in [2.05, 4.69) is 21.2 Å². The Labute approximate surface area is 166 Å². The summed E-state index contributed by atoms with van der Waals surface area (Å²) in [5, 5.41) is 2.87. The topological polar surface area (TPSA) is 67.9 Å². The van der Waals surface area contributed by atoms with E-state index in [1.165, 1.54) is 0 Å². The van der Waals surface area contributed by atoms with Crippen molar-refractivity contribution in [1.82, 2.24) is 0 Å². The van der Waals surface area contributed by atoms with Gasteiger partial charge in [-0.25, -0.2) is 0 Å². The minimum absolute atomic E-state index is 0.0970. The molecule has 0 aliphatic carbocycles. The van der Waals surface area contributed by atoms with Crippen LogP contribution in [0.4, 0.5) is 11.4 Å². The molecule has 142 valence electrons. The van der Waals surface area contributed by atoms with E-state index >= 15 is 0 Å². The van der Waals surface area contributed by atoms with Crippen LogP contribution >= 0.6 is 15.9 Å². The number of anilines is 2. The smallest absolute Gasteiger partial charge is 0.229 e. The van der Waals surface area contributed by atoms with Crippen molar-refractivity contribution < 1.29 is 19.1 Å². The molecule has 2 aromatic carbocycles. The maximum absolute atomic E-state index is 12.7. The third-order valence-corrected chi connectivity index (χ3v) is 5.03. The maximum atomic E-state index is 12.7. The molecule has 1 N–H and O–H groups in total. The van der Waals surface area contributed by atoms with Gasteiger partial charge in [-0.3, -0.25) is 9.59 Å². The van der Waals surface area contributed by atoms with Crippen LogP contribution in [0.15, 0.2) is 40.9 Å². The van der Waals surface area contributed by atoms with E-state index in [-0.39, 0.29) is 18.2 Å². The Morgan fingerprint density at radius 3 is 2.56 bits per heavy atom. The molecule has 1 fully saturated rings. The van der Waals surface area contributed by atoms with Crippen molar-refractivity contribution in [3.8, 4) is 11.5 Å². The van der Waals surface area contributed by atoms with E-state index < -0.39 is 5.92 Å². The second-order valence-corrected chi connectivity index (χ2v) is 7.33. The fourth-order valence-corrected chi connectivity index (χ4v) is 3.50. The molecule has 2 amide bonds. The van der Waals surface area contributed by atoms with Gasteiger partial charge in [-0.15, -0.1) is 0 Å². The van der Waals surface area contributed by atoms with Gasteiger partial charge in [0.05, 0.1) is 31.5 Å². The molecule has 1 heterocycles. The number of nitrogens with one attached hydrogen (secondary N) is 1. The van der Waals surface area contributed by atoms with Crippen molar-refractivity contribution in [3.63, 3.8) is 0 Å². The number of methoxy groups -OCH3 is 2. The first-order valence-electron chi connectivity index (χ1n) is 8.52. The normalized spacial score (nSPS) is 16.4. The number of rotatable bonds is 5. The molecule has 0 aromatic heterocycles. The van der Waals surface area contributed by atoms with Crippen LogP contribution in [0.2, 0.25) is 0 Å². The number of carbonyl (C=O) groups is 2. The Morgan fingerprint density at radius 1 is 1.15 bits per heavy atom. The summed E-state index contributed by atoms with van der Waals surface area (Å²) in [7, 11) is 3.11. The number of aryl methyl sites for hydroxylation is 1. The molecule has 1 atom stereocenters. The van der Waals surface area contributed by atoms with Gasteiger partial charge in [0.25, 0.3) is 0 Å². The van der Waals surface area contributed by atoms with Crippen molar-refractivity contribution in [1.29, 1.82) is 0 Å². The predicted octanol–water partition coefficient (Wildman–Crippen LogP) is 3.77. The number of halogens is 1. The molecular formula is C20H21BrN2O4. The van der Waals surface area contributed by atoms with E-state index in [9.17, 15) is 9.59 Å². The van der Waals surface area contributed by atoms with Crippen molar-refractivity contribution in [2.24, 2.45) is 5.92 Å². The number of amides is 2. The van der Waals surface area contributed by atoms with E-state index in [0.29, 0.717) is 29.4 Å². The Hall–Kier alpha value is -2.54. The quantitative estimate of drug-likeness (QED) is 0.780. The monoisotopic (exact) mass is 432 g/mol.